The highest BCUT2D eigenvalue weighted by Crippen LogP contribution is 2.06. The molecular weight excluding hydrogens is 206 g/mol. The van der Waals surface area contributed by atoms with Crippen LogP contribution in [0.4, 0.5) is 11.8 Å². The summed E-state index contributed by atoms with van der Waals surface area (Å²) in [6.45, 7) is 0.602. The quantitative estimate of drug-likeness (QED) is 0.499. The fourth-order valence-electron chi connectivity index (χ4n) is 1.26. The first-order valence-corrected chi connectivity index (χ1v) is 4.79. The first-order chi connectivity index (χ1) is 7.79. The number of hydrogen-bond acceptors (Lipinski definition) is 6. The average Bonchev–Trinajstić information content (AvgIpc) is 2.72. The summed E-state index contributed by atoms with van der Waals surface area (Å²) >= 11 is 0. The van der Waals surface area contributed by atoms with Gasteiger partial charge in [0, 0.05) is 25.6 Å². The van der Waals surface area contributed by atoms with Crippen LogP contribution in [0.3, 0.4) is 0 Å². The zero-order valence-corrected chi connectivity index (χ0v) is 8.88. The van der Waals surface area contributed by atoms with Crippen molar-refractivity contribution in [2.75, 3.05) is 10.7 Å². The van der Waals surface area contributed by atoms with Gasteiger partial charge in [0.25, 0.3) is 0 Å². The lowest BCUT2D eigenvalue weighted by Crippen LogP contribution is -2.12. The maximum absolute atomic E-state index is 5.21. The molecule has 7 nitrogen and oxygen atoms in total. The minimum atomic E-state index is 0.379. The van der Waals surface area contributed by atoms with Crippen molar-refractivity contribution >= 4 is 11.8 Å². The Kier molecular flexibility index (Phi) is 2.97. The molecule has 0 amide bonds. The molecule has 2 rings (SSSR count). The van der Waals surface area contributed by atoms with Crippen LogP contribution in [0.25, 0.3) is 0 Å². The zero-order chi connectivity index (χ0) is 11.4. The first-order valence-electron chi connectivity index (χ1n) is 4.79. The van der Waals surface area contributed by atoms with Crippen LogP contribution < -0.4 is 16.6 Å². The van der Waals surface area contributed by atoms with Gasteiger partial charge in [0.05, 0.1) is 6.54 Å². The molecule has 7 heteroatoms. The van der Waals surface area contributed by atoms with Gasteiger partial charge >= 0.3 is 0 Å². The Labute approximate surface area is 92.7 Å². The Bertz CT molecular complexity index is 464. The maximum atomic E-state index is 5.21. The molecule has 0 saturated carbocycles. The normalized spacial score (nSPS) is 10.1. The molecule has 0 aliphatic carbocycles. The molecule has 0 radical (unpaired) electrons. The number of nitrogens with one attached hydrogen (secondary N) is 2. The van der Waals surface area contributed by atoms with Crippen molar-refractivity contribution in [3.63, 3.8) is 0 Å². The van der Waals surface area contributed by atoms with E-state index in [2.05, 4.69) is 25.7 Å². The van der Waals surface area contributed by atoms with Crippen molar-refractivity contribution in [2.45, 2.75) is 6.54 Å². The van der Waals surface area contributed by atoms with Crippen LogP contribution >= 0.6 is 0 Å². The van der Waals surface area contributed by atoms with Crippen LogP contribution in [-0.4, -0.2) is 19.5 Å². The molecule has 0 aliphatic rings. The van der Waals surface area contributed by atoms with Crippen molar-refractivity contribution in [2.24, 2.45) is 12.9 Å². The Morgan fingerprint density at radius 3 is 2.94 bits per heavy atom. The number of rotatable bonds is 4. The maximum Gasteiger partial charge on any atom is 0.239 e. The second-order valence-electron chi connectivity index (χ2n) is 3.22. The summed E-state index contributed by atoms with van der Waals surface area (Å²) in [5.41, 5.74) is 2.39. The lowest BCUT2D eigenvalue weighted by molar-refractivity contribution is 0.810. The number of nitrogen functional groups attached to an aromatic ring is 1. The lowest BCUT2D eigenvalue weighted by Gasteiger charge is -2.06. The van der Waals surface area contributed by atoms with E-state index in [1.54, 1.807) is 18.5 Å². The average molecular weight is 219 g/mol. The number of aryl methyl sites for hydroxylation is 1. The molecule has 4 N–H and O–H groups in total. The third-order valence-corrected chi connectivity index (χ3v) is 2.13. The highest BCUT2D eigenvalue weighted by Gasteiger charge is 2.00. The number of nitrogens with two attached hydrogens (primary N) is 1. The molecule has 0 bridgehead atoms. The minimum Gasteiger partial charge on any atom is -0.363 e. The van der Waals surface area contributed by atoms with Gasteiger partial charge in [-0.2, -0.15) is 4.98 Å². The number of hydrazine groups is 1. The van der Waals surface area contributed by atoms with Crippen molar-refractivity contribution in [1.82, 2.24) is 19.5 Å². The molecular formula is C9H13N7. The number of hydrogen-bond donors (Lipinski definition) is 3. The number of anilines is 2. The Morgan fingerprint density at radius 2 is 2.25 bits per heavy atom. The molecule has 0 fully saturated rings. The second-order valence-corrected chi connectivity index (χ2v) is 3.22. The van der Waals surface area contributed by atoms with Crippen LogP contribution in [-0.2, 0) is 13.6 Å². The molecule has 84 valence electrons. The summed E-state index contributed by atoms with van der Waals surface area (Å²) in [5, 5.41) is 3.13. The van der Waals surface area contributed by atoms with E-state index in [1.807, 2.05) is 17.8 Å². The van der Waals surface area contributed by atoms with Crippen molar-refractivity contribution in [3.8, 4) is 0 Å². The molecule has 0 unspecified atom stereocenters. The van der Waals surface area contributed by atoms with Gasteiger partial charge < -0.3 is 9.88 Å². The highest BCUT2D eigenvalue weighted by molar-refractivity contribution is 5.38. The lowest BCUT2D eigenvalue weighted by atomic mass is 10.5. The molecule has 0 atom stereocenters. The molecule has 0 aliphatic heterocycles. The summed E-state index contributed by atoms with van der Waals surface area (Å²) in [6, 6.07) is 1.77. The topological polar surface area (TPSA) is 93.7 Å². The Balaban J connectivity index is 2.02. The predicted molar refractivity (Wildman–Crippen MR) is 60.4 cm³/mol. The van der Waals surface area contributed by atoms with Crippen LogP contribution in [0.2, 0.25) is 0 Å². The van der Waals surface area contributed by atoms with Gasteiger partial charge in [0.15, 0.2) is 0 Å². The van der Waals surface area contributed by atoms with Crippen LogP contribution in [0.1, 0.15) is 5.82 Å². The van der Waals surface area contributed by atoms with E-state index >= 15 is 0 Å². The van der Waals surface area contributed by atoms with E-state index in [0.717, 1.165) is 5.82 Å². The van der Waals surface area contributed by atoms with Gasteiger partial charge in [-0.25, -0.2) is 15.8 Å². The SMILES string of the molecule is Cn1ccnc1CNc1ccnc(NN)n1. The summed E-state index contributed by atoms with van der Waals surface area (Å²) in [6.07, 6.45) is 5.27. The van der Waals surface area contributed by atoms with Gasteiger partial charge in [-0.15, -0.1) is 0 Å². The predicted octanol–water partition coefficient (Wildman–Crippen LogP) is 0.108. The summed E-state index contributed by atoms with van der Waals surface area (Å²) in [5.74, 6) is 7.23. The monoisotopic (exact) mass is 219 g/mol. The van der Waals surface area contributed by atoms with Crippen molar-refractivity contribution in [1.29, 1.82) is 0 Å². The summed E-state index contributed by atoms with van der Waals surface area (Å²) in [4.78, 5) is 12.2. The van der Waals surface area contributed by atoms with E-state index in [-0.39, 0.29) is 0 Å². The van der Waals surface area contributed by atoms with Gasteiger partial charge in [-0.3, -0.25) is 5.43 Å². The molecule has 0 aromatic carbocycles. The van der Waals surface area contributed by atoms with Crippen LogP contribution in [0.5, 0.6) is 0 Å². The Hall–Kier alpha value is -2.15. The van der Waals surface area contributed by atoms with Gasteiger partial charge in [-0.1, -0.05) is 0 Å². The smallest absolute Gasteiger partial charge is 0.239 e. The van der Waals surface area contributed by atoms with Crippen molar-refractivity contribution in [3.05, 3.63) is 30.5 Å². The molecule has 2 heterocycles. The largest absolute Gasteiger partial charge is 0.363 e. The van der Waals surface area contributed by atoms with Gasteiger partial charge in [0.2, 0.25) is 5.95 Å². The number of nitrogens with zero attached hydrogens (tertiary/aromatic N) is 4. The molecule has 2 aromatic rings. The van der Waals surface area contributed by atoms with Gasteiger partial charge in [-0.05, 0) is 6.07 Å². The van der Waals surface area contributed by atoms with Crippen LogP contribution in [0.15, 0.2) is 24.7 Å². The van der Waals surface area contributed by atoms with Crippen LogP contribution in [0, 0.1) is 0 Å². The van der Waals surface area contributed by atoms with E-state index in [4.69, 9.17) is 5.84 Å². The summed E-state index contributed by atoms with van der Waals surface area (Å²) < 4.78 is 1.94. The van der Waals surface area contributed by atoms with E-state index in [0.29, 0.717) is 18.3 Å². The standard InChI is InChI=1S/C9H13N7/c1-16-5-4-11-8(16)6-13-7-2-3-12-9(14-7)15-10/h2-5H,6,10H2,1H3,(H2,12,13,14,15). The van der Waals surface area contributed by atoms with E-state index in [9.17, 15) is 0 Å². The minimum absolute atomic E-state index is 0.379. The second kappa shape index (κ2) is 4.58. The molecule has 0 spiro atoms. The summed E-state index contributed by atoms with van der Waals surface area (Å²) in [7, 11) is 1.94. The third-order valence-electron chi connectivity index (χ3n) is 2.13. The molecule has 0 saturated heterocycles. The van der Waals surface area contributed by atoms with E-state index in [1.165, 1.54) is 0 Å². The zero-order valence-electron chi connectivity index (χ0n) is 8.88. The fraction of sp³-hybridized carbons (Fsp3) is 0.222. The fourth-order valence-corrected chi connectivity index (χ4v) is 1.26. The van der Waals surface area contributed by atoms with Gasteiger partial charge in [0.1, 0.15) is 11.6 Å². The molecule has 2 aromatic heterocycles. The number of aromatic nitrogens is 4. The first kappa shape index (κ1) is 10.4. The Morgan fingerprint density at radius 1 is 1.38 bits per heavy atom. The van der Waals surface area contributed by atoms with Crippen molar-refractivity contribution < 1.29 is 0 Å². The van der Waals surface area contributed by atoms with E-state index < -0.39 is 0 Å². The highest BCUT2D eigenvalue weighted by atomic mass is 15.3. The molecule has 16 heavy (non-hydrogen) atoms. The number of imidazole rings is 1. The third kappa shape index (κ3) is 2.26.